The number of carboxylic acid groups (broad SMARTS) is 1. The minimum atomic E-state index is -1.10. The van der Waals surface area contributed by atoms with Crippen LogP contribution in [-0.2, 0) is 17.8 Å². The van der Waals surface area contributed by atoms with Gasteiger partial charge in [0.05, 0.1) is 11.6 Å². The van der Waals surface area contributed by atoms with Gasteiger partial charge in [0.1, 0.15) is 11.5 Å². The van der Waals surface area contributed by atoms with E-state index in [1.54, 1.807) is 12.1 Å². The molecule has 0 saturated carbocycles. The number of aliphatic carboxylic acids is 1. The molecule has 0 aliphatic carbocycles. The second kappa shape index (κ2) is 10.3. The molecule has 3 aromatic rings. The van der Waals surface area contributed by atoms with Crippen LogP contribution in [0, 0.1) is 0 Å². The first kappa shape index (κ1) is 21.9. The molecule has 30 heavy (non-hydrogen) atoms. The largest absolute Gasteiger partial charge is 0.493 e. The van der Waals surface area contributed by atoms with Crippen LogP contribution in [0.4, 0.5) is 0 Å². The van der Waals surface area contributed by atoms with Crippen molar-refractivity contribution in [2.75, 3.05) is 7.11 Å². The van der Waals surface area contributed by atoms with E-state index >= 15 is 0 Å². The van der Waals surface area contributed by atoms with Gasteiger partial charge in [0.15, 0.2) is 11.5 Å². The lowest BCUT2D eigenvalue weighted by Crippen LogP contribution is -2.00. The lowest BCUT2D eigenvalue weighted by atomic mass is 10.2. The summed E-state index contributed by atoms with van der Waals surface area (Å²) in [5.74, 6) is 0.363. The maximum atomic E-state index is 11.7. The SMILES string of the molecule is CCc1nnc(S/C(=C\c2cc(Br)c(OCc3ccccc3)c(OC)c2)C(=O)O)o1. The van der Waals surface area contributed by atoms with Crippen LogP contribution >= 0.6 is 27.7 Å². The van der Waals surface area contributed by atoms with E-state index in [-0.39, 0.29) is 10.1 Å². The van der Waals surface area contributed by atoms with Gasteiger partial charge in [0.25, 0.3) is 5.22 Å². The number of rotatable bonds is 9. The van der Waals surface area contributed by atoms with E-state index in [4.69, 9.17) is 13.9 Å². The van der Waals surface area contributed by atoms with E-state index in [0.29, 0.717) is 40.5 Å². The van der Waals surface area contributed by atoms with Crippen molar-refractivity contribution < 1.29 is 23.8 Å². The van der Waals surface area contributed by atoms with E-state index < -0.39 is 5.97 Å². The van der Waals surface area contributed by atoms with Gasteiger partial charge in [0.2, 0.25) is 5.89 Å². The van der Waals surface area contributed by atoms with Crippen molar-refractivity contribution in [2.45, 2.75) is 25.2 Å². The molecule has 0 amide bonds. The molecular weight excluding hydrogens is 472 g/mol. The van der Waals surface area contributed by atoms with Gasteiger partial charge in [-0.3, -0.25) is 0 Å². The Morgan fingerprint density at radius 3 is 2.67 bits per heavy atom. The molecule has 0 aliphatic heterocycles. The van der Waals surface area contributed by atoms with Crippen molar-refractivity contribution in [3.8, 4) is 11.5 Å². The minimum absolute atomic E-state index is 0.0354. The van der Waals surface area contributed by atoms with Gasteiger partial charge >= 0.3 is 5.97 Å². The molecule has 7 nitrogen and oxygen atoms in total. The number of hydrogen-bond donors (Lipinski definition) is 1. The molecule has 1 aromatic heterocycles. The van der Waals surface area contributed by atoms with E-state index in [2.05, 4.69) is 26.1 Å². The Labute approximate surface area is 186 Å². The van der Waals surface area contributed by atoms with E-state index in [0.717, 1.165) is 17.3 Å². The number of aryl methyl sites for hydroxylation is 1. The summed E-state index contributed by atoms with van der Waals surface area (Å²) >= 11 is 4.38. The second-order valence-corrected chi connectivity index (χ2v) is 7.89. The highest BCUT2D eigenvalue weighted by molar-refractivity contribution is 9.10. The van der Waals surface area contributed by atoms with Crippen LogP contribution in [0.5, 0.6) is 11.5 Å². The predicted molar refractivity (Wildman–Crippen MR) is 117 cm³/mol. The monoisotopic (exact) mass is 490 g/mol. The van der Waals surface area contributed by atoms with Crippen molar-refractivity contribution in [2.24, 2.45) is 0 Å². The summed E-state index contributed by atoms with van der Waals surface area (Å²) in [4.78, 5) is 11.7. The summed E-state index contributed by atoms with van der Waals surface area (Å²) in [7, 11) is 1.53. The molecule has 0 aliphatic rings. The Balaban J connectivity index is 1.85. The number of carbonyl (C=O) groups is 1. The third kappa shape index (κ3) is 5.64. The van der Waals surface area contributed by atoms with E-state index in [1.165, 1.54) is 13.2 Å². The summed E-state index contributed by atoms with van der Waals surface area (Å²) < 4.78 is 17.4. The van der Waals surface area contributed by atoms with Crippen LogP contribution < -0.4 is 9.47 Å². The van der Waals surface area contributed by atoms with Crippen LogP contribution in [0.15, 0.2) is 61.5 Å². The topological polar surface area (TPSA) is 94.7 Å². The number of methoxy groups -OCH3 is 1. The maximum absolute atomic E-state index is 11.7. The standard InChI is InChI=1S/C21H19BrN2O5S/c1-3-18-23-24-21(29-18)30-17(20(25)26)11-14-9-15(22)19(16(10-14)27-2)28-12-13-7-5-4-6-8-13/h4-11H,3,12H2,1-2H3,(H,25,26)/b17-11-. The average molecular weight is 491 g/mol. The lowest BCUT2D eigenvalue weighted by molar-refractivity contribution is -0.131. The van der Waals surface area contributed by atoms with Crippen LogP contribution in [0.3, 0.4) is 0 Å². The van der Waals surface area contributed by atoms with E-state index in [9.17, 15) is 9.90 Å². The summed E-state index contributed by atoms with van der Waals surface area (Å²) in [6.07, 6.45) is 2.09. The van der Waals surface area contributed by atoms with Gasteiger partial charge in [-0.1, -0.05) is 37.3 Å². The molecule has 3 rings (SSSR count). The number of benzene rings is 2. The zero-order valence-corrected chi connectivity index (χ0v) is 18.7. The Morgan fingerprint density at radius 1 is 1.27 bits per heavy atom. The van der Waals surface area contributed by atoms with Gasteiger partial charge in [-0.05, 0) is 57.0 Å². The van der Waals surface area contributed by atoms with Crippen molar-refractivity contribution in [1.82, 2.24) is 10.2 Å². The van der Waals surface area contributed by atoms with Crippen LogP contribution in [0.25, 0.3) is 6.08 Å². The molecule has 1 heterocycles. The number of thioether (sulfide) groups is 1. The molecule has 0 unspecified atom stereocenters. The summed E-state index contributed by atoms with van der Waals surface area (Å²) in [5.41, 5.74) is 1.64. The third-order valence-electron chi connectivity index (χ3n) is 3.93. The summed E-state index contributed by atoms with van der Waals surface area (Å²) in [6.45, 7) is 2.25. The molecule has 156 valence electrons. The molecule has 0 atom stereocenters. The number of aromatic nitrogens is 2. The number of carboxylic acids is 1. The van der Waals surface area contributed by atoms with Crippen molar-refractivity contribution in [3.63, 3.8) is 0 Å². The molecule has 0 saturated heterocycles. The zero-order chi connectivity index (χ0) is 21.5. The first-order chi connectivity index (χ1) is 14.5. The minimum Gasteiger partial charge on any atom is -0.493 e. The second-order valence-electron chi connectivity index (χ2n) is 6.04. The molecule has 0 fully saturated rings. The highest BCUT2D eigenvalue weighted by Crippen LogP contribution is 2.38. The van der Waals surface area contributed by atoms with E-state index in [1.807, 2.05) is 37.3 Å². The van der Waals surface area contributed by atoms with Gasteiger partial charge in [-0.2, -0.15) is 0 Å². The molecular formula is C21H19BrN2O5S. The quantitative estimate of drug-likeness (QED) is 0.323. The van der Waals surface area contributed by atoms with Crippen molar-refractivity contribution in [1.29, 1.82) is 0 Å². The Kier molecular flexibility index (Phi) is 7.53. The average Bonchev–Trinajstić information content (AvgIpc) is 3.20. The smallest absolute Gasteiger partial charge is 0.342 e. The number of ether oxygens (including phenoxy) is 2. The summed E-state index contributed by atoms with van der Waals surface area (Å²) in [5, 5.41) is 17.5. The maximum Gasteiger partial charge on any atom is 0.342 e. The Morgan fingerprint density at radius 2 is 2.03 bits per heavy atom. The van der Waals surface area contributed by atoms with Gasteiger partial charge in [0, 0.05) is 6.42 Å². The number of hydrogen-bond acceptors (Lipinski definition) is 7. The number of nitrogens with zero attached hydrogens (tertiary/aromatic N) is 2. The van der Waals surface area contributed by atoms with Gasteiger partial charge in [-0.25, -0.2) is 4.79 Å². The van der Waals surface area contributed by atoms with Crippen LogP contribution in [0.1, 0.15) is 23.9 Å². The molecule has 1 N–H and O–H groups in total. The first-order valence-corrected chi connectivity index (χ1v) is 10.6. The lowest BCUT2D eigenvalue weighted by Gasteiger charge is -2.14. The highest BCUT2D eigenvalue weighted by Gasteiger charge is 2.17. The fourth-order valence-electron chi connectivity index (χ4n) is 2.50. The third-order valence-corrected chi connectivity index (χ3v) is 5.38. The zero-order valence-electron chi connectivity index (χ0n) is 16.3. The predicted octanol–water partition coefficient (Wildman–Crippen LogP) is 5.20. The fraction of sp³-hybridized carbons (Fsp3) is 0.190. The van der Waals surface area contributed by atoms with Crippen LogP contribution in [-0.4, -0.2) is 28.4 Å². The van der Waals surface area contributed by atoms with Crippen LogP contribution in [0.2, 0.25) is 0 Å². The van der Waals surface area contributed by atoms with Crippen molar-refractivity contribution >= 4 is 39.7 Å². The van der Waals surface area contributed by atoms with Gasteiger partial charge < -0.3 is 19.0 Å². The van der Waals surface area contributed by atoms with Gasteiger partial charge in [-0.15, -0.1) is 10.2 Å². The Hall–Kier alpha value is -2.78. The Bertz CT molecular complexity index is 1050. The fourth-order valence-corrected chi connectivity index (χ4v) is 3.76. The molecule has 0 bridgehead atoms. The first-order valence-electron chi connectivity index (χ1n) is 8.99. The molecule has 0 radical (unpaired) electrons. The van der Waals surface area contributed by atoms with Crippen molar-refractivity contribution in [3.05, 3.63) is 68.9 Å². The summed E-state index contributed by atoms with van der Waals surface area (Å²) in [6, 6.07) is 13.2. The normalized spacial score (nSPS) is 11.4. The molecule has 2 aromatic carbocycles. The number of halogens is 1. The molecule has 0 spiro atoms. The highest BCUT2D eigenvalue weighted by atomic mass is 79.9. The molecule has 9 heteroatoms.